The summed E-state index contributed by atoms with van der Waals surface area (Å²) in [6.07, 6.45) is 8.21. The van der Waals surface area contributed by atoms with Crippen molar-refractivity contribution in [2.75, 3.05) is 19.3 Å². The maximum absolute atomic E-state index is 14.2. The molecule has 1 saturated heterocycles. The van der Waals surface area contributed by atoms with Gasteiger partial charge in [0.05, 0.1) is 17.9 Å². The number of thioether (sulfide) groups is 1. The standard InChI is InChI=1S/C17H20FN3OS/c1-12-6-8-20(10-14(12)21-9-7-19-11-21)17(22)16-13(18)4-3-5-15(16)23-2/h3-5,7,9,11-12,14H,6,8,10H2,1-2H3/t12-,14+/m1/s1. The molecule has 0 unspecified atom stereocenters. The van der Waals surface area contributed by atoms with Crippen molar-refractivity contribution in [2.24, 2.45) is 5.92 Å². The van der Waals surface area contributed by atoms with Gasteiger partial charge in [0.15, 0.2) is 0 Å². The molecule has 23 heavy (non-hydrogen) atoms. The number of hydrogen-bond donors (Lipinski definition) is 0. The first-order valence-electron chi connectivity index (χ1n) is 7.71. The summed E-state index contributed by atoms with van der Waals surface area (Å²) in [5.74, 6) is -0.210. The van der Waals surface area contributed by atoms with Crippen LogP contribution in [0.2, 0.25) is 0 Å². The predicted molar refractivity (Wildman–Crippen MR) is 89.1 cm³/mol. The molecule has 0 spiro atoms. The fourth-order valence-corrected chi connectivity index (χ4v) is 3.73. The molecule has 0 bridgehead atoms. The van der Waals surface area contributed by atoms with Crippen LogP contribution in [0.25, 0.3) is 0 Å². The summed E-state index contributed by atoms with van der Waals surface area (Å²) in [5.41, 5.74) is 0.193. The maximum Gasteiger partial charge on any atom is 0.258 e. The Hall–Kier alpha value is -1.82. The second-order valence-electron chi connectivity index (χ2n) is 5.91. The minimum atomic E-state index is -0.445. The lowest BCUT2D eigenvalue weighted by Gasteiger charge is -2.38. The van der Waals surface area contributed by atoms with Crippen LogP contribution in [-0.4, -0.2) is 39.7 Å². The van der Waals surface area contributed by atoms with E-state index in [1.807, 2.05) is 17.0 Å². The molecule has 1 aliphatic rings. The second-order valence-corrected chi connectivity index (χ2v) is 6.76. The van der Waals surface area contributed by atoms with Gasteiger partial charge in [0, 0.05) is 30.4 Å². The van der Waals surface area contributed by atoms with Gasteiger partial charge < -0.3 is 9.47 Å². The number of hydrogen-bond acceptors (Lipinski definition) is 3. The number of piperidine rings is 1. The van der Waals surface area contributed by atoms with E-state index in [1.54, 1.807) is 29.6 Å². The smallest absolute Gasteiger partial charge is 0.258 e. The summed E-state index contributed by atoms with van der Waals surface area (Å²) >= 11 is 1.40. The molecule has 0 saturated carbocycles. The van der Waals surface area contributed by atoms with Gasteiger partial charge in [0.1, 0.15) is 5.82 Å². The molecule has 1 amide bonds. The zero-order valence-corrected chi connectivity index (χ0v) is 14.1. The van der Waals surface area contributed by atoms with E-state index in [2.05, 4.69) is 11.9 Å². The Kier molecular flexibility index (Phi) is 4.71. The molecule has 6 heteroatoms. The van der Waals surface area contributed by atoms with Gasteiger partial charge in [-0.3, -0.25) is 4.79 Å². The molecule has 2 atom stereocenters. The lowest BCUT2D eigenvalue weighted by molar-refractivity contribution is 0.0613. The minimum absolute atomic E-state index is 0.180. The van der Waals surface area contributed by atoms with Crippen molar-refractivity contribution in [1.82, 2.24) is 14.5 Å². The molecule has 1 aliphatic heterocycles. The predicted octanol–water partition coefficient (Wildman–Crippen LogP) is 3.47. The molecule has 1 aromatic carbocycles. The third-order valence-electron chi connectivity index (χ3n) is 4.52. The van der Waals surface area contributed by atoms with Gasteiger partial charge >= 0.3 is 0 Å². The number of amides is 1. The average Bonchev–Trinajstić information content (AvgIpc) is 3.08. The summed E-state index contributed by atoms with van der Waals surface area (Å²) < 4.78 is 16.3. The Balaban J connectivity index is 1.86. The molecule has 2 heterocycles. The van der Waals surface area contributed by atoms with E-state index < -0.39 is 5.82 Å². The van der Waals surface area contributed by atoms with Gasteiger partial charge in [0.2, 0.25) is 0 Å². The van der Waals surface area contributed by atoms with E-state index in [4.69, 9.17) is 0 Å². The van der Waals surface area contributed by atoms with Crippen molar-refractivity contribution >= 4 is 17.7 Å². The van der Waals surface area contributed by atoms with Crippen LogP contribution in [0.15, 0.2) is 41.8 Å². The number of likely N-dealkylation sites (tertiary alicyclic amines) is 1. The van der Waals surface area contributed by atoms with Gasteiger partial charge in [-0.1, -0.05) is 13.0 Å². The monoisotopic (exact) mass is 333 g/mol. The van der Waals surface area contributed by atoms with E-state index in [0.717, 1.165) is 6.42 Å². The minimum Gasteiger partial charge on any atom is -0.336 e. The molecule has 3 rings (SSSR count). The van der Waals surface area contributed by atoms with Gasteiger partial charge in [-0.05, 0) is 30.7 Å². The zero-order valence-electron chi connectivity index (χ0n) is 13.3. The van der Waals surface area contributed by atoms with Crippen molar-refractivity contribution in [2.45, 2.75) is 24.3 Å². The molecule has 122 valence electrons. The van der Waals surface area contributed by atoms with Crippen molar-refractivity contribution in [3.05, 3.63) is 48.3 Å². The third kappa shape index (κ3) is 3.13. The fraction of sp³-hybridized carbons (Fsp3) is 0.412. The van der Waals surface area contributed by atoms with E-state index >= 15 is 0 Å². The Bertz CT molecular complexity index is 689. The second kappa shape index (κ2) is 6.74. The van der Waals surface area contributed by atoms with Crippen LogP contribution < -0.4 is 0 Å². The lowest BCUT2D eigenvalue weighted by Crippen LogP contribution is -2.44. The quantitative estimate of drug-likeness (QED) is 0.807. The summed E-state index contributed by atoms with van der Waals surface area (Å²) in [4.78, 5) is 19.4. The van der Waals surface area contributed by atoms with Crippen LogP contribution in [0.1, 0.15) is 29.7 Å². The van der Waals surface area contributed by atoms with Crippen molar-refractivity contribution < 1.29 is 9.18 Å². The highest BCUT2D eigenvalue weighted by atomic mass is 32.2. The highest BCUT2D eigenvalue weighted by molar-refractivity contribution is 7.98. The number of aromatic nitrogens is 2. The SMILES string of the molecule is CSc1cccc(F)c1C(=O)N1CC[C@@H](C)[C@@H](n2ccnc2)C1. The van der Waals surface area contributed by atoms with Gasteiger partial charge in [-0.2, -0.15) is 0 Å². The highest BCUT2D eigenvalue weighted by Crippen LogP contribution is 2.30. The van der Waals surface area contributed by atoms with Crippen LogP contribution in [0.3, 0.4) is 0 Å². The number of carbonyl (C=O) groups excluding carboxylic acids is 1. The molecule has 0 radical (unpaired) electrons. The Labute approximate surface area is 139 Å². The van der Waals surface area contributed by atoms with E-state index in [9.17, 15) is 9.18 Å². The topological polar surface area (TPSA) is 38.1 Å². The molecular weight excluding hydrogens is 313 g/mol. The number of imidazole rings is 1. The first-order chi connectivity index (χ1) is 11.1. The molecule has 2 aromatic rings. The Morgan fingerprint density at radius 2 is 2.26 bits per heavy atom. The normalized spacial score (nSPS) is 21.4. The van der Waals surface area contributed by atoms with Crippen molar-refractivity contribution in [3.8, 4) is 0 Å². The zero-order chi connectivity index (χ0) is 16.4. The van der Waals surface area contributed by atoms with E-state index in [0.29, 0.717) is 23.9 Å². The number of halogens is 1. The lowest BCUT2D eigenvalue weighted by atomic mass is 9.93. The fourth-order valence-electron chi connectivity index (χ4n) is 3.13. The maximum atomic E-state index is 14.2. The van der Waals surface area contributed by atoms with E-state index in [1.165, 1.54) is 17.8 Å². The van der Waals surface area contributed by atoms with Crippen LogP contribution in [-0.2, 0) is 0 Å². The van der Waals surface area contributed by atoms with E-state index in [-0.39, 0.29) is 17.5 Å². The highest BCUT2D eigenvalue weighted by Gasteiger charge is 2.32. The van der Waals surface area contributed by atoms with Crippen LogP contribution in [0.4, 0.5) is 4.39 Å². The van der Waals surface area contributed by atoms with Gasteiger partial charge in [0.25, 0.3) is 5.91 Å². The Morgan fingerprint density at radius 1 is 1.43 bits per heavy atom. The molecule has 1 aromatic heterocycles. The summed E-state index contributed by atoms with van der Waals surface area (Å²) in [6, 6.07) is 4.97. The summed E-state index contributed by atoms with van der Waals surface area (Å²) in [7, 11) is 0. The van der Waals surface area contributed by atoms with Crippen LogP contribution >= 0.6 is 11.8 Å². The van der Waals surface area contributed by atoms with Crippen molar-refractivity contribution in [1.29, 1.82) is 0 Å². The van der Waals surface area contributed by atoms with Crippen LogP contribution in [0.5, 0.6) is 0 Å². The van der Waals surface area contributed by atoms with Crippen LogP contribution in [0, 0.1) is 11.7 Å². The first kappa shape index (κ1) is 16.1. The number of rotatable bonds is 3. The number of benzene rings is 1. The average molecular weight is 333 g/mol. The largest absolute Gasteiger partial charge is 0.336 e. The Morgan fingerprint density at radius 3 is 2.96 bits per heavy atom. The third-order valence-corrected chi connectivity index (χ3v) is 5.30. The number of carbonyl (C=O) groups is 1. The van der Waals surface area contributed by atoms with Gasteiger partial charge in [-0.15, -0.1) is 11.8 Å². The summed E-state index contributed by atoms with van der Waals surface area (Å²) in [6.45, 7) is 3.43. The molecule has 4 nitrogen and oxygen atoms in total. The number of nitrogens with zero attached hydrogens (tertiary/aromatic N) is 3. The van der Waals surface area contributed by atoms with Gasteiger partial charge in [-0.25, -0.2) is 9.37 Å². The molecule has 0 N–H and O–H groups in total. The molecule has 0 aliphatic carbocycles. The molecular formula is C17H20FN3OS. The first-order valence-corrected chi connectivity index (χ1v) is 8.93. The molecule has 1 fully saturated rings. The summed E-state index contributed by atoms with van der Waals surface area (Å²) in [5, 5.41) is 0. The van der Waals surface area contributed by atoms with Crippen molar-refractivity contribution in [3.63, 3.8) is 0 Å².